The van der Waals surface area contributed by atoms with E-state index in [1.165, 1.54) is 22.5 Å². The molecule has 0 aliphatic rings. The minimum Gasteiger partial charge on any atom is -0.491 e. The molecule has 1 aromatic carbocycles. The second-order valence-electron chi connectivity index (χ2n) is 6.18. The third-order valence-corrected chi connectivity index (χ3v) is 5.14. The highest BCUT2D eigenvalue weighted by atomic mass is 32.2. The Morgan fingerprint density at radius 2 is 1.97 bits per heavy atom. The van der Waals surface area contributed by atoms with Crippen molar-refractivity contribution in [2.45, 2.75) is 20.0 Å². The number of rotatable bonds is 7. The molecule has 0 spiro atoms. The van der Waals surface area contributed by atoms with Gasteiger partial charge < -0.3 is 9.47 Å². The molecule has 1 atom stereocenters. The lowest BCUT2D eigenvalue weighted by Gasteiger charge is -2.12. The molecule has 0 aliphatic carbocycles. The fourth-order valence-corrected chi connectivity index (χ4v) is 3.70. The first-order chi connectivity index (χ1) is 13.7. The van der Waals surface area contributed by atoms with Gasteiger partial charge in [0.1, 0.15) is 29.0 Å². The third kappa shape index (κ3) is 4.43. The molecular weight excluding hydrogens is 407 g/mol. The minimum absolute atomic E-state index is 0.0916. The van der Waals surface area contributed by atoms with Gasteiger partial charge in [-0.05, 0) is 38.1 Å². The molecule has 10 heteroatoms. The Labute approximate surface area is 168 Å². The van der Waals surface area contributed by atoms with Crippen LogP contribution in [0.1, 0.15) is 18.1 Å². The van der Waals surface area contributed by atoms with Crippen molar-refractivity contribution >= 4 is 22.0 Å². The number of halogens is 3. The Hall–Kier alpha value is -2.46. The molecule has 6 nitrogen and oxygen atoms in total. The molecule has 1 unspecified atom stereocenters. The first-order valence-corrected chi connectivity index (χ1v) is 10.4. The van der Waals surface area contributed by atoms with Crippen LogP contribution >= 0.6 is 0 Å². The normalized spacial score (nSPS) is 13.0. The van der Waals surface area contributed by atoms with E-state index < -0.39 is 22.7 Å². The van der Waals surface area contributed by atoms with Crippen molar-refractivity contribution in [2.75, 3.05) is 26.1 Å². The molecule has 0 fully saturated rings. The number of aromatic nitrogens is 3. The molecule has 3 aromatic rings. The molecule has 29 heavy (non-hydrogen) atoms. The maximum atomic E-state index is 13.1. The summed E-state index contributed by atoms with van der Waals surface area (Å²) in [5.74, 6) is 0.763. The van der Waals surface area contributed by atoms with E-state index in [1.807, 2.05) is 6.92 Å². The highest BCUT2D eigenvalue weighted by molar-refractivity contribution is 7.83. The summed E-state index contributed by atoms with van der Waals surface area (Å²) < 4.78 is 63.9. The predicted octanol–water partition coefficient (Wildman–Crippen LogP) is 3.98. The second-order valence-corrected chi connectivity index (χ2v) is 7.40. The summed E-state index contributed by atoms with van der Waals surface area (Å²) >= 11 is 0. The van der Waals surface area contributed by atoms with Gasteiger partial charge in [0.15, 0.2) is 5.82 Å². The topological polar surface area (TPSA) is 66.2 Å². The van der Waals surface area contributed by atoms with E-state index >= 15 is 0 Å². The van der Waals surface area contributed by atoms with Crippen molar-refractivity contribution in [3.05, 3.63) is 41.6 Å². The smallest absolute Gasteiger partial charge is 0.416 e. The fraction of sp³-hybridized carbons (Fsp3) is 0.368. The molecule has 3 rings (SSSR count). The molecule has 0 aliphatic heterocycles. The lowest BCUT2D eigenvalue weighted by Crippen LogP contribution is -2.09. The summed E-state index contributed by atoms with van der Waals surface area (Å²) in [6, 6.07) is 4.85. The van der Waals surface area contributed by atoms with Crippen LogP contribution in [0.15, 0.2) is 30.5 Å². The zero-order chi connectivity index (χ0) is 21.2. The summed E-state index contributed by atoms with van der Waals surface area (Å²) in [6.45, 7) is 4.99. The number of ether oxygens (including phenoxy) is 2. The number of hydrogen-bond donors (Lipinski definition) is 0. The van der Waals surface area contributed by atoms with E-state index in [0.29, 0.717) is 42.3 Å². The van der Waals surface area contributed by atoms with Crippen LogP contribution in [0.25, 0.3) is 22.6 Å². The van der Waals surface area contributed by atoms with Crippen molar-refractivity contribution in [2.24, 2.45) is 0 Å². The third-order valence-electron chi connectivity index (χ3n) is 4.25. The van der Waals surface area contributed by atoms with Crippen LogP contribution in [0.2, 0.25) is 0 Å². The van der Waals surface area contributed by atoms with Crippen LogP contribution in [0.5, 0.6) is 5.75 Å². The Morgan fingerprint density at radius 1 is 1.21 bits per heavy atom. The maximum absolute atomic E-state index is 13.1. The van der Waals surface area contributed by atoms with Gasteiger partial charge in [-0.25, -0.2) is 13.2 Å². The van der Waals surface area contributed by atoms with Gasteiger partial charge >= 0.3 is 6.18 Å². The average Bonchev–Trinajstić information content (AvgIpc) is 3.04. The SMILES string of the molecule is CCOCCOc1ccnc(-c2nc3cc(C(F)(F)F)ccc3n2S(C)=O)c1C. The van der Waals surface area contributed by atoms with Gasteiger partial charge in [0.05, 0.1) is 23.2 Å². The van der Waals surface area contributed by atoms with Crippen molar-refractivity contribution in [3.8, 4) is 17.3 Å². The van der Waals surface area contributed by atoms with Gasteiger partial charge in [0.2, 0.25) is 0 Å². The first-order valence-electron chi connectivity index (χ1n) is 8.84. The van der Waals surface area contributed by atoms with Crippen LogP contribution in [-0.2, 0) is 21.9 Å². The number of hydrogen-bond acceptors (Lipinski definition) is 5. The van der Waals surface area contributed by atoms with Gasteiger partial charge in [0, 0.05) is 24.6 Å². The quantitative estimate of drug-likeness (QED) is 0.534. The van der Waals surface area contributed by atoms with E-state index in [1.54, 1.807) is 13.0 Å². The number of nitrogens with zero attached hydrogens (tertiary/aromatic N) is 3. The Morgan fingerprint density at radius 3 is 2.62 bits per heavy atom. The number of alkyl halides is 3. The molecule has 0 saturated heterocycles. The van der Waals surface area contributed by atoms with Crippen LogP contribution in [0, 0.1) is 6.92 Å². The molecule has 0 radical (unpaired) electrons. The summed E-state index contributed by atoms with van der Waals surface area (Å²) in [4.78, 5) is 8.63. The lowest BCUT2D eigenvalue weighted by molar-refractivity contribution is -0.137. The average molecular weight is 427 g/mol. The van der Waals surface area contributed by atoms with Gasteiger partial charge in [-0.15, -0.1) is 0 Å². The Bertz CT molecular complexity index is 1050. The van der Waals surface area contributed by atoms with Gasteiger partial charge in [-0.1, -0.05) is 0 Å². The number of imidazole rings is 1. The monoisotopic (exact) mass is 427 g/mol. The van der Waals surface area contributed by atoms with E-state index in [2.05, 4.69) is 9.97 Å². The Balaban J connectivity index is 2.09. The van der Waals surface area contributed by atoms with Crippen molar-refractivity contribution < 1.29 is 26.9 Å². The van der Waals surface area contributed by atoms with Gasteiger partial charge in [-0.3, -0.25) is 4.98 Å². The molecule has 0 amide bonds. The molecule has 0 saturated carbocycles. The van der Waals surface area contributed by atoms with Crippen LogP contribution < -0.4 is 4.74 Å². The molecule has 0 bridgehead atoms. The summed E-state index contributed by atoms with van der Waals surface area (Å²) in [5, 5.41) is 0. The zero-order valence-corrected chi connectivity index (χ0v) is 16.9. The summed E-state index contributed by atoms with van der Waals surface area (Å²) in [7, 11) is -1.56. The van der Waals surface area contributed by atoms with Crippen LogP contribution in [-0.4, -0.2) is 44.2 Å². The van der Waals surface area contributed by atoms with Crippen molar-refractivity contribution in [1.82, 2.24) is 13.9 Å². The Kier molecular flexibility index (Phi) is 6.23. The standard InChI is InChI=1S/C19H20F3N3O3S/c1-4-27-9-10-28-16-7-8-23-17(12(16)2)18-24-14-11-13(19(20,21)22)5-6-15(14)25(18)29(3)26/h5-8,11H,4,9-10H2,1-3H3. The van der Waals surface area contributed by atoms with E-state index in [0.717, 1.165) is 12.1 Å². The molecular formula is C19H20F3N3O3S. The largest absolute Gasteiger partial charge is 0.491 e. The van der Waals surface area contributed by atoms with Crippen LogP contribution in [0.3, 0.4) is 0 Å². The predicted molar refractivity (Wildman–Crippen MR) is 104 cm³/mol. The summed E-state index contributed by atoms with van der Waals surface area (Å²) in [6.07, 6.45) is -1.55. The summed E-state index contributed by atoms with van der Waals surface area (Å²) in [5.41, 5.74) is 0.633. The molecule has 2 aromatic heterocycles. The van der Waals surface area contributed by atoms with Crippen molar-refractivity contribution in [3.63, 3.8) is 0 Å². The van der Waals surface area contributed by atoms with Gasteiger partial charge in [0.25, 0.3) is 0 Å². The van der Waals surface area contributed by atoms with E-state index in [9.17, 15) is 17.4 Å². The highest BCUT2D eigenvalue weighted by Crippen LogP contribution is 2.34. The van der Waals surface area contributed by atoms with E-state index in [-0.39, 0.29) is 11.3 Å². The lowest BCUT2D eigenvalue weighted by atomic mass is 10.2. The maximum Gasteiger partial charge on any atom is 0.416 e. The zero-order valence-electron chi connectivity index (χ0n) is 16.1. The van der Waals surface area contributed by atoms with E-state index in [4.69, 9.17) is 9.47 Å². The first kappa shape index (κ1) is 21.3. The molecule has 0 N–H and O–H groups in total. The number of benzene rings is 1. The fourth-order valence-electron chi connectivity index (χ4n) is 2.90. The molecule has 2 heterocycles. The van der Waals surface area contributed by atoms with Crippen molar-refractivity contribution in [1.29, 1.82) is 0 Å². The van der Waals surface area contributed by atoms with Crippen LogP contribution in [0.4, 0.5) is 13.2 Å². The second kappa shape index (κ2) is 8.50. The number of pyridine rings is 1. The minimum atomic E-state index is -4.49. The molecule has 156 valence electrons. The highest BCUT2D eigenvalue weighted by Gasteiger charge is 2.31. The van der Waals surface area contributed by atoms with Gasteiger partial charge in [-0.2, -0.15) is 13.2 Å². The number of fused-ring (bicyclic) bond motifs is 1.